The summed E-state index contributed by atoms with van der Waals surface area (Å²) in [6.07, 6.45) is -5.23. The van der Waals surface area contributed by atoms with Gasteiger partial charge < -0.3 is 24.5 Å². The van der Waals surface area contributed by atoms with Crippen molar-refractivity contribution < 1.29 is 36.6 Å². The van der Waals surface area contributed by atoms with Crippen molar-refractivity contribution in [1.82, 2.24) is 4.90 Å². The Morgan fingerprint density at radius 1 is 1.00 bits per heavy atom. The van der Waals surface area contributed by atoms with Gasteiger partial charge in [0.25, 0.3) is 0 Å². The standard InChI is InChI=1S/C29H27F5N4O3/c1-17-6-8-19(30)15-22(17)36-10-12-37(13-11-36)28-35-27-20(4-3-5-21(27)31)23(16-26(39)40)38(28)24-14-18(29(32,33)34)7-9-25(24)41-2/h3-9,14-15,23H,10-13,16H2,1-2H3,(H,39,40). The maximum Gasteiger partial charge on any atom is 0.416 e. The molecule has 2 aliphatic rings. The molecule has 1 saturated heterocycles. The van der Waals surface area contributed by atoms with Crippen LogP contribution in [0.3, 0.4) is 0 Å². The fraction of sp³-hybridized carbons (Fsp3) is 0.310. The number of fused-ring (bicyclic) bond motifs is 1. The minimum atomic E-state index is -4.69. The molecular formula is C29H27F5N4O3. The first-order valence-electron chi connectivity index (χ1n) is 12.9. The fourth-order valence-corrected chi connectivity index (χ4v) is 5.34. The maximum absolute atomic E-state index is 15.1. The van der Waals surface area contributed by atoms with Crippen molar-refractivity contribution in [3.8, 4) is 5.75 Å². The topological polar surface area (TPSA) is 68.6 Å². The number of anilines is 2. The van der Waals surface area contributed by atoms with E-state index in [2.05, 4.69) is 4.99 Å². The van der Waals surface area contributed by atoms with Crippen LogP contribution in [0.1, 0.15) is 29.2 Å². The molecule has 3 aromatic rings. The molecular weight excluding hydrogens is 547 g/mol. The van der Waals surface area contributed by atoms with E-state index in [0.29, 0.717) is 31.9 Å². The number of aryl methyl sites for hydroxylation is 1. The molecule has 0 aliphatic carbocycles. The van der Waals surface area contributed by atoms with Crippen LogP contribution in [0.5, 0.6) is 5.75 Å². The van der Waals surface area contributed by atoms with E-state index in [9.17, 15) is 27.5 Å². The van der Waals surface area contributed by atoms with E-state index in [4.69, 9.17) is 4.74 Å². The summed E-state index contributed by atoms with van der Waals surface area (Å²) in [5, 5.41) is 9.82. The average molecular weight is 575 g/mol. The number of aliphatic imine (C=N–C) groups is 1. The van der Waals surface area contributed by atoms with Crippen LogP contribution in [0, 0.1) is 18.6 Å². The quantitative estimate of drug-likeness (QED) is 0.369. The number of para-hydroxylation sites is 1. The van der Waals surface area contributed by atoms with Crippen LogP contribution in [0.2, 0.25) is 0 Å². The SMILES string of the molecule is COc1ccc(C(F)(F)F)cc1N1C(N2CCN(c3cc(F)ccc3C)CC2)=Nc2c(F)cccc2C1CC(=O)O. The average Bonchev–Trinajstić information content (AvgIpc) is 2.93. The molecule has 2 aliphatic heterocycles. The van der Waals surface area contributed by atoms with Crippen molar-refractivity contribution >= 4 is 29.0 Å². The maximum atomic E-state index is 15.1. The lowest BCUT2D eigenvalue weighted by molar-refractivity contribution is -0.138. The van der Waals surface area contributed by atoms with E-state index in [-0.39, 0.29) is 34.5 Å². The highest BCUT2D eigenvalue weighted by Crippen LogP contribution is 2.46. The molecule has 1 fully saturated rings. The summed E-state index contributed by atoms with van der Waals surface area (Å²) in [7, 11) is 1.30. The molecule has 1 N–H and O–H groups in total. The van der Waals surface area contributed by atoms with Crippen molar-refractivity contribution in [1.29, 1.82) is 0 Å². The largest absolute Gasteiger partial charge is 0.495 e. The van der Waals surface area contributed by atoms with Crippen molar-refractivity contribution in [2.45, 2.75) is 25.6 Å². The highest BCUT2D eigenvalue weighted by atomic mass is 19.4. The minimum Gasteiger partial charge on any atom is -0.495 e. The normalized spacial score (nSPS) is 17.3. The van der Waals surface area contributed by atoms with Gasteiger partial charge in [-0.1, -0.05) is 18.2 Å². The number of nitrogens with zero attached hydrogens (tertiary/aromatic N) is 4. The van der Waals surface area contributed by atoms with Gasteiger partial charge >= 0.3 is 12.1 Å². The van der Waals surface area contributed by atoms with Crippen molar-refractivity contribution in [2.24, 2.45) is 4.99 Å². The van der Waals surface area contributed by atoms with Crippen molar-refractivity contribution in [2.75, 3.05) is 43.1 Å². The molecule has 0 aromatic heterocycles. The summed E-state index contributed by atoms with van der Waals surface area (Å²) in [5.74, 6) is -2.12. The Balaban J connectivity index is 1.62. The number of alkyl halides is 3. The molecule has 5 rings (SSSR count). The zero-order valence-corrected chi connectivity index (χ0v) is 22.3. The van der Waals surface area contributed by atoms with E-state index in [1.165, 1.54) is 48.4 Å². The molecule has 3 aromatic carbocycles. The summed E-state index contributed by atoms with van der Waals surface area (Å²) in [5.41, 5.74) is 0.738. The van der Waals surface area contributed by atoms with E-state index in [1.807, 2.05) is 11.8 Å². The van der Waals surface area contributed by atoms with Crippen LogP contribution in [-0.4, -0.2) is 55.2 Å². The number of ether oxygens (including phenoxy) is 1. The molecule has 2 heterocycles. The molecule has 1 unspecified atom stereocenters. The van der Waals surface area contributed by atoms with E-state index >= 15 is 4.39 Å². The monoisotopic (exact) mass is 574 g/mol. The van der Waals surface area contributed by atoms with Crippen molar-refractivity contribution in [3.05, 3.63) is 82.9 Å². The van der Waals surface area contributed by atoms with Gasteiger partial charge in [-0.05, 0) is 48.9 Å². The molecule has 1 atom stereocenters. The van der Waals surface area contributed by atoms with Crippen molar-refractivity contribution in [3.63, 3.8) is 0 Å². The second-order valence-electron chi connectivity index (χ2n) is 9.86. The number of methoxy groups -OCH3 is 1. The molecule has 12 heteroatoms. The fourth-order valence-electron chi connectivity index (χ4n) is 5.34. The summed E-state index contributed by atoms with van der Waals surface area (Å²) < 4.78 is 75.9. The summed E-state index contributed by atoms with van der Waals surface area (Å²) in [6.45, 7) is 3.28. The van der Waals surface area contributed by atoms with Crippen LogP contribution in [0.15, 0.2) is 59.6 Å². The number of rotatable bonds is 5. The number of aliphatic carboxylic acids is 1. The Kier molecular flexibility index (Phi) is 7.50. The van der Waals surface area contributed by atoms with Crippen LogP contribution in [0.4, 0.5) is 39.0 Å². The van der Waals surface area contributed by atoms with Gasteiger partial charge in [-0.3, -0.25) is 4.79 Å². The first-order valence-corrected chi connectivity index (χ1v) is 12.9. The molecule has 41 heavy (non-hydrogen) atoms. The first kappa shape index (κ1) is 28.2. The molecule has 0 radical (unpaired) electrons. The first-order chi connectivity index (χ1) is 19.5. The van der Waals surface area contributed by atoms with Gasteiger partial charge in [-0.15, -0.1) is 0 Å². The number of guanidine groups is 1. The lowest BCUT2D eigenvalue weighted by atomic mass is 9.96. The van der Waals surface area contributed by atoms with Gasteiger partial charge in [0.1, 0.15) is 23.1 Å². The number of hydrogen-bond acceptors (Lipinski definition) is 6. The summed E-state index contributed by atoms with van der Waals surface area (Å²) >= 11 is 0. The predicted octanol–water partition coefficient (Wildman–Crippen LogP) is 6.15. The van der Waals surface area contributed by atoms with E-state index in [1.54, 1.807) is 11.0 Å². The highest BCUT2D eigenvalue weighted by molar-refractivity contribution is 6.02. The van der Waals surface area contributed by atoms with Gasteiger partial charge in [0.05, 0.1) is 30.8 Å². The van der Waals surface area contributed by atoms with Gasteiger partial charge in [0.15, 0.2) is 0 Å². The second-order valence-corrected chi connectivity index (χ2v) is 9.86. The third-order valence-corrected chi connectivity index (χ3v) is 7.32. The Morgan fingerprint density at radius 3 is 2.37 bits per heavy atom. The summed E-state index contributed by atoms with van der Waals surface area (Å²) in [4.78, 5) is 21.8. The Bertz CT molecular complexity index is 1500. The van der Waals surface area contributed by atoms with Gasteiger partial charge in [-0.25, -0.2) is 13.8 Å². The lowest BCUT2D eigenvalue weighted by Gasteiger charge is -2.45. The number of carboxylic acid groups (broad SMARTS) is 1. The zero-order chi connectivity index (χ0) is 29.5. The van der Waals surface area contributed by atoms with E-state index in [0.717, 1.165) is 17.7 Å². The second kappa shape index (κ2) is 10.9. The van der Waals surface area contributed by atoms with Crippen LogP contribution in [-0.2, 0) is 11.0 Å². The summed E-state index contributed by atoms with van der Waals surface area (Å²) in [6, 6.07) is 10.5. The predicted molar refractivity (Wildman–Crippen MR) is 144 cm³/mol. The van der Waals surface area contributed by atoms with Crippen LogP contribution < -0.4 is 14.5 Å². The number of carboxylic acids is 1. The van der Waals surface area contributed by atoms with Crippen LogP contribution in [0.25, 0.3) is 0 Å². The van der Waals surface area contributed by atoms with Gasteiger partial charge in [0, 0.05) is 37.4 Å². The smallest absolute Gasteiger partial charge is 0.416 e. The third kappa shape index (κ3) is 5.50. The molecule has 0 spiro atoms. The molecule has 7 nitrogen and oxygen atoms in total. The number of piperazine rings is 1. The minimum absolute atomic E-state index is 0.0503. The molecule has 216 valence electrons. The molecule has 0 amide bonds. The zero-order valence-electron chi connectivity index (χ0n) is 22.3. The lowest BCUT2D eigenvalue weighted by Crippen LogP contribution is -2.55. The highest BCUT2D eigenvalue weighted by Gasteiger charge is 2.40. The third-order valence-electron chi connectivity index (χ3n) is 7.32. The number of hydrogen-bond donors (Lipinski definition) is 1. The van der Waals surface area contributed by atoms with Gasteiger partial charge in [0.2, 0.25) is 5.96 Å². The van der Waals surface area contributed by atoms with E-state index < -0.39 is 36.0 Å². The Labute approximate surface area is 233 Å². The number of halogens is 5. The molecule has 0 bridgehead atoms. The van der Waals surface area contributed by atoms with Gasteiger partial charge in [-0.2, -0.15) is 13.2 Å². The Hall–Kier alpha value is -4.35. The number of carbonyl (C=O) groups is 1. The Morgan fingerprint density at radius 2 is 1.71 bits per heavy atom. The molecule has 0 saturated carbocycles. The van der Waals surface area contributed by atoms with Crippen LogP contribution >= 0.6 is 0 Å². The number of benzene rings is 3.